The summed E-state index contributed by atoms with van der Waals surface area (Å²) >= 11 is 9.29. The number of benzene rings is 3. The number of hydrogen-bond acceptors (Lipinski definition) is 4. The predicted molar refractivity (Wildman–Crippen MR) is 110 cm³/mol. The van der Waals surface area contributed by atoms with E-state index in [0.717, 1.165) is 15.2 Å². The van der Waals surface area contributed by atoms with Gasteiger partial charge in [-0.3, -0.25) is 20.4 Å². The zero-order valence-corrected chi connectivity index (χ0v) is 16.9. The van der Waals surface area contributed by atoms with Crippen LogP contribution in [0.25, 0.3) is 10.8 Å². The van der Waals surface area contributed by atoms with E-state index in [1.807, 2.05) is 36.4 Å². The molecule has 2 amide bonds. The second-order valence-corrected chi connectivity index (χ2v) is 7.08. The summed E-state index contributed by atoms with van der Waals surface area (Å²) in [4.78, 5) is 23.6. The molecular formula is C20H16BrClN2O4. The fourth-order valence-corrected chi connectivity index (χ4v) is 3.08. The van der Waals surface area contributed by atoms with Crippen LogP contribution in [-0.2, 0) is 9.59 Å². The van der Waals surface area contributed by atoms with Gasteiger partial charge in [0.05, 0.1) is 5.02 Å². The van der Waals surface area contributed by atoms with Crippen molar-refractivity contribution >= 4 is 50.1 Å². The van der Waals surface area contributed by atoms with E-state index in [2.05, 4.69) is 26.8 Å². The van der Waals surface area contributed by atoms with Crippen LogP contribution in [0.2, 0.25) is 5.02 Å². The minimum Gasteiger partial charge on any atom is -0.484 e. The van der Waals surface area contributed by atoms with E-state index < -0.39 is 11.8 Å². The fourth-order valence-electron chi connectivity index (χ4n) is 2.35. The van der Waals surface area contributed by atoms with Crippen molar-refractivity contribution in [3.05, 3.63) is 70.2 Å². The second kappa shape index (κ2) is 9.43. The number of halogens is 2. The Kier molecular flexibility index (Phi) is 6.73. The molecule has 28 heavy (non-hydrogen) atoms. The quantitative estimate of drug-likeness (QED) is 0.544. The highest BCUT2D eigenvalue weighted by Crippen LogP contribution is 2.27. The second-order valence-electron chi connectivity index (χ2n) is 5.76. The monoisotopic (exact) mass is 462 g/mol. The Morgan fingerprint density at radius 3 is 2.25 bits per heavy atom. The van der Waals surface area contributed by atoms with Gasteiger partial charge in [0.25, 0.3) is 11.8 Å². The molecular weight excluding hydrogens is 448 g/mol. The Bertz CT molecular complexity index is 1010. The number of hydrogen-bond donors (Lipinski definition) is 2. The van der Waals surface area contributed by atoms with Crippen LogP contribution in [0.5, 0.6) is 11.5 Å². The molecule has 0 saturated heterocycles. The smallest absolute Gasteiger partial charge is 0.276 e. The van der Waals surface area contributed by atoms with E-state index in [1.54, 1.807) is 24.3 Å². The summed E-state index contributed by atoms with van der Waals surface area (Å²) < 4.78 is 11.6. The summed E-state index contributed by atoms with van der Waals surface area (Å²) in [5.74, 6) is -0.0967. The molecule has 0 heterocycles. The lowest BCUT2D eigenvalue weighted by atomic mass is 10.1. The number of amides is 2. The molecule has 0 atom stereocenters. The topological polar surface area (TPSA) is 76.7 Å². The highest BCUT2D eigenvalue weighted by Gasteiger charge is 2.09. The van der Waals surface area contributed by atoms with Crippen molar-refractivity contribution in [1.82, 2.24) is 10.9 Å². The number of hydrazine groups is 1. The molecule has 0 unspecified atom stereocenters. The van der Waals surface area contributed by atoms with Gasteiger partial charge in [0.2, 0.25) is 0 Å². The molecule has 0 aliphatic rings. The van der Waals surface area contributed by atoms with Crippen molar-refractivity contribution in [1.29, 1.82) is 0 Å². The maximum absolute atomic E-state index is 11.8. The first-order chi connectivity index (χ1) is 13.5. The summed E-state index contributed by atoms with van der Waals surface area (Å²) in [6.07, 6.45) is 0. The first kappa shape index (κ1) is 20.0. The Labute approximate surface area is 174 Å². The lowest BCUT2D eigenvalue weighted by Crippen LogP contribution is -2.45. The van der Waals surface area contributed by atoms with E-state index in [9.17, 15) is 9.59 Å². The van der Waals surface area contributed by atoms with Gasteiger partial charge in [0, 0.05) is 4.47 Å². The minimum atomic E-state index is -0.530. The zero-order chi connectivity index (χ0) is 19.9. The maximum atomic E-state index is 11.8. The third kappa shape index (κ3) is 5.61. The first-order valence-electron chi connectivity index (χ1n) is 8.28. The van der Waals surface area contributed by atoms with E-state index in [0.29, 0.717) is 16.5 Å². The predicted octanol–water partition coefficient (Wildman–Crippen LogP) is 3.86. The van der Waals surface area contributed by atoms with E-state index in [-0.39, 0.29) is 13.2 Å². The van der Waals surface area contributed by atoms with E-state index >= 15 is 0 Å². The molecule has 0 aliphatic heterocycles. The molecule has 3 aromatic rings. The number of carbonyl (C=O) groups is 2. The third-order valence-electron chi connectivity index (χ3n) is 3.68. The lowest BCUT2D eigenvalue weighted by Gasteiger charge is -2.11. The third-order valence-corrected chi connectivity index (χ3v) is 4.47. The fraction of sp³-hybridized carbons (Fsp3) is 0.100. The highest BCUT2D eigenvalue weighted by molar-refractivity contribution is 9.10. The van der Waals surface area contributed by atoms with Crippen molar-refractivity contribution in [2.75, 3.05) is 13.2 Å². The van der Waals surface area contributed by atoms with Crippen LogP contribution >= 0.6 is 27.5 Å². The number of fused-ring (bicyclic) bond motifs is 1. The molecule has 3 aromatic carbocycles. The molecule has 6 nitrogen and oxygen atoms in total. The molecule has 0 saturated carbocycles. The van der Waals surface area contributed by atoms with Crippen LogP contribution < -0.4 is 20.3 Å². The van der Waals surface area contributed by atoms with Crippen molar-refractivity contribution in [2.24, 2.45) is 0 Å². The van der Waals surface area contributed by atoms with Crippen molar-refractivity contribution in [3.63, 3.8) is 0 Å². The highest BCUT2D eigenvalue weighted by atomic mass is 79.9. The van der Waals surface area contributed by atoms with Crippen LogP contribution in [-0.4, -0.2) is 25.0 Å². The lowest BCUT2D eigenvalue weighted by molar-refractivity contribution is -0.131. The molecule has 144 valence electrons. The standard InChI is InChI=1S/C20H16BrClN2O4/c21-15-6-8-18(17(22)10-15)28-12-20(26)24-23-19(25)11-27-16-7-5-13-3-1-2-4-14(13)9-16/h1-10H,11-12H2,(H,23,25)(H,24,26). The molecule has 0 radical (unpaired) electrons. The van der Waals surface area contributed by atoms with Crippen LogP contribution in [0.3, 0.4) is 0 Å². The van der Waals surface area contributed by atoms with Gasteiger partial charge in [0.1, 0.15) is 11.5 Å². The summed E-state index contributed by atoms with van der Waals surface area (Å²) in [5, 5.41) is 2.46. The largest absolute Gasteiger partial charge is 0.484 e. The van der Waals surface area contributed by atoms with Gasteiger partial charge in [-0.15, -0.1) is 0 Å². The summed E-state index contributed by atoms with van der Waals surface area (Å²) in [7, 11) is 0. The summed E-state index contributed by atoms with van der Waals surface area (Å²) in [5.41, 5.74) is 4.52. The Hall–Kier alpha value is -2.77. The Balaban J connectivity index is 1.41. The van der Waals surface area contributed by atoms with Gasteiger partial charge in [-0.2, -0.15) is 0 Å². The Morgan fingerprint density at radius 1 is 0.857 bits per heavy atom. The van der Waals surface area contributed by atoms with Crippen LogP contribution in [0.4, 0.5) is 0 Å². The normalized spacial score (nSPS) is 10.4. The number of rotatable bonds is 6. The summed E-state index contributed by atoms with van der Waals surface area (Å²) in [6, 6.07) is 18.4. The molecule has 0 aliphatic carbocycles. The van der Waals surface area contributed by atoms with Crippen LogP contribution in [0.15, 0.2) is 65.1 Å². The molecule has 8 heteroatoms. The van der Waals surface area contributed by atoms with Gasteiger partial charge >= 0.3 is 0 Å². The van der Waals surface area contributed by atoms with Crippen molar-refractivity contribution in [3.8, 4) is 11.5 Å². The Morgan fingerprint density at radius 2 is 1.54 bits per heavy atom. The molecule has 0 bridgehead atoms. The first-order valence-corrected chi connectivity index (χ1v) is 9.45. The summed E-state index contributed by atoms with van der Waals surface area (Å²) in [6.45, 7) is -0.537. The maximum Gasteiger partial charge on any atom is 0.276 e. The van der Waals surface area contributed by atoms with Crippen molar-refractivity contribution in [2.45, 2.75) is 0 Å². The molecule has 0 aromatic heterocycles. The van der Waals surface area contributed by atoms with Crippen LogP contribution in [0, 0.1) is 0 Å². The molecule has 3 rings (SSSR count). The number of ether oxygens (including phenoxy) is 2. The molecule has 0 spiro atoms. The average Bonchev–Trinajstić information content (AvgIpc) is 2.70. The number of carbonyl (C=O) groups excluding carboxylic acids is 2. The van der Waals surface area contributed by atoms with Gasteiger partial charge in [-0.25, -0.2) is 0 Å². The van der Waals surface area contributed by atoms with E-state index in [4.69, 9.17) is 21.1 Å². The van der Waals surface area contributed by atoms with Gasteiger partial charge in [-0.05, 0) is 41.1 Å². The van der Waals surface area contributed by atoms with Crippen LogP contribution in [0.1, 0.15) is 0 Å². The molecule has 0 fully saturated rings. The average molecular weight is 464 g/mol. The van der Waals surface area contributed by atoms with Gasteiger partial charge < -0.3 is 9.47 Å². The SMILES string of the molecule is O=C(COc1ccc2ccccc2c1)NNC(=O)COc1ccc(Br)cc1Cl. The van der Waals surface area contributed by atoms with E-state index in [1.165, 1.54) is 0 Å². The zero-order valence-electron chi connectivity index (χ0n) is 14.6. The molecule has 2 N–H and O–H groups in total. The van der Waals surface area contributed by atoms with Gasteiger partial charge in [-0.1, -0.05) is 57.9 Å². The number of nitrogens with one attached hydrogen (secondary N) is 2. The van der Waals surface area contributed by atoms with Crippen molar-refractivity contribution < 1.29 is 19.1 Å². The van der Waals surface area contributed by atoms with Gasteiger partial charge in [0.15, 0.2) is 13.2 Å². The minimum absolute atomic E-state index is 0.238.